The first-order valence-corrected chi connectivity index (χ1v) is 10.2. The topological polar surface area (TPSA) is 71.1 Å². The summed E-state index contributed by atoms with van der Waals surface area (Å²) >= 11 is 1.54. The Hall–Kier alpha value is -2.58. The minimum absolute atomic E-state index is 0.0186. The van der Waals surface area contributed by atoms with Crippen LogP contribution in [0.25, 0.3) is 0 Å². The van der Waals surface area contributed by atoms with Crippen LogP contribution in [-0.2, 0) is 4.79 Å². The predicted octanol–water partition coefficient (Wildman–Crippen LogP) is 1.71. The summed E-state index contributed by atoms with van der Waals surface area (Å²) in [5, 5.41) is 6.68. The van der Waals surface area contributed by atoms with E-state index in [1.165, 1.54) is 11.3 Å². The van der Waals surface area contributed by atoms with Crippen LogP contribution in [0.15, 0.2) is 41.1 Å². The lowest BCUT2D eigenvalue weighted by atomic mass is 10.2. The second kappa shape index (κ2) is 10.1. The number of methoxy groups -OCH3 is 1. The van der Waals surface area contributed by atoms with Crippen molar-refractivity contribution in [3.05, 3.63) is 46.7 Å². The van der Waals surface area contributed by atoms with Gasteiger partial charge in [0, 0.05) is 44.6 Å². The van der Waals surface area contributed by atoms with Gasteiger partial charge in [0.15, 0.2) is 6.61 Å². The van der Waals surface area contributed by atoms with Crippen molar-refractivity contribution in [3.63, 3.8) is 0 Å². The van der Waals surface area contributed by atoms with E-state index < -0.39 is 0 Å². The van der Waals surface area contributed by atoms with Crippen LogP contribution < -0.4 is 14.8 Å². The van der Waals surface area contributed by atoms with Gasteiger partial charge in [-0.15, -0.1) is 0 Å². The van der Waals surface area contributed by atoms with E-state index in [4.69, 9.17) is 9.47 Å². The Morgan fingerprint density at radius 3 is 2.43 bits per heavy atom. The number of rotatable bonds is 8. The van der Waals surface area contributed by atoms with Gasteiger partial charge in [-0.05, 0) is 35.7 Å². The molecule has 2 aromatic rings. The Labute approximate surface area is 168 Å². The molecule has 1 fully saturated rings. The molecule has 1 N–H and O–H groups in total. The van der Waals surface area contributed by atoms with Gasteiger partial charge in [0.2, 0.25) is 0 Å². The molecule has 1 aromatic heterocycles. The molecule has 1 aliphatic heterocycles. The third-order valence-corrected chi connectivity index (χ3v) is 5.29. The van der Waals surface area contributed by atoms with E-state index in [2.05, 4.69) is 10.2 Å². The fraction of sp³-hybridized carbons (Fsp3) is 0.400. The average Bonchev–Trinajstić information content (AvgIpc) is 3.27. The number of amides is 2. The second-order valence-electron chi connectivity index (χ2n) is 6.46. The third-order valence-electron chi connectivity index (χ3n) is 4.61. The summed E-state index contributed by atoms with van der Waals surface area (Å²) in [6.45, 7) is 4.35. The molecule has 0 aliphatic carbocycles. The quantitative estimate of drug-likeness (QED) is 0.727. The van der Waals surface area contributed by atoms with Crippen LogP contribution in [0.1, 0.15) is 10.4 Å². The van der Waals surface area contributed by atoms with Gasteiger partial charge in [-0.25, -0.2) is 0 Å². The maximum absolute atomic E-state index is 12.3. The van der Waals surface area contributed by atoms with Crippen molar-refractivity contribution in [2.24, 2.45) is 0 Å². The summed E-state index contributed by atoms with van der Waals surface area (Å²) < 4.78 is 10.5. The first-order chi connectivity index (χ1) is 13.7. The molecule has 150 valence electrons. The van der Waals surface area contributed by atoms with Gasteiger partial charge < -0.3 is 19.7 Å². The van der Waals surface area contributed by atoms with Crippen LogP contribution in [0, 0.1) is 0 Å². The molecule has 2 heterocycles. The van der Waals surface area contributed by atoms with E-state index in [9.17, 15) is 9.59 Å². The Morgan fingerprint density at radius 1 is 1.07 bits per heavy atom. The van der Waals surface area contributed by atoms with Gasteiger partial charge in [0.1, 0.15) is 11.5 Å². The van der Waals surface area contributed by atoms with Crippen LogP contribution in [0.2, 0.25) is 0 Å². The van der Waals surface area contributed by atoms with Crippen molar-refractivity contribution < 1.29 is 19.1 Å². The van der Waals surface area contributed by atoms with Crippen LogP contribution in [-0.4, -0.2) is 74.6 Å². The number of carbonyl (C=O) groups excluding carboxylic acids is 2. The number of nitrogens with zero attached hydrogens (tertiary/aromatic N) is 2. The van der Waals surface area contributed by atoms with Crippen LogP contribution in [0.5, 0.6) is 11.5 Å². The minimum atomic E-state index is -0.151. The highest BCUT2D eigenvalue weighted by Gasteiger charge is 2.22. The molecule has 2 amide bonds. The van der Waals surface area contributed by atoms with Gasteiger partial charge in [0.05, 0.1) is 12.7 Å². The Bertz CT molecular complexity index is 756. The molecule has 0 spiro atoms. The van der Waals surface area contributed by atoms with Gasteiger partial charge in [0.25, 0.3) is 11.8 Å². The first kappa shape index (κ1) is 20.2. The maximum Gasteiger partial charge on any atom is 0.257 e. The third kappa shape index (κ3) is 5.71. The molecular formula is C20H25N3O4S. The molecular weight excluding hydrogens is 378 g/mol. The summed E-state index contributed by atoms with van der Waals surface area (Å²) in [7, 11) is 1.60. The zero-order valence-corrected chi connectivity index (χ0v) is 16.7. The molecule has 0 unspecified atom stereocenters. The molecule has 1 aromatic carbocycles. The number of piperazine rings is 1. The molecule has 1 aliphatic rings. The van der Waals surface area contributed by atoms with Gasteiger partial charge in [-0.2, -0.15) is 11.3 Å². The fourth-order valence-corrected chi connectivity index (χ4v) is 3.60. The zero-order chi connectivity index (χ0) is 19.8. The van der Waals surface area contributed by atoms with E-state index in [1.54, 1.807) is 31.4 Å². The van der Waals surface area contributed by atoms with Crippen LogP contribution in [0.3, 0.4) is 0 Å². The van der Waals surface area contributed by atoms with E-state index in [-0.39, 0.29) is 18.4 Å². The van der Waals surface area contributed by atoms with Gasteiger partial charge in [-0.1, -0.05) is 0 Å². The average molecular weight is 404 g/mol. The standard InChI is InChI=1S/C20H25N3O4S/c1-26-17-2-4-18(5-3-17)27-14-19(24)21-7-8-22-9-11-23(12-10-22)20(25)16-6-13-28-15-16/h2-6,13,15H,7-12,14H2,1H3,(H,21,24). The SMILES string of the molecule is COc1ccc(OCC(=O)NCCN2CCN(C(=O)c3ccsc3)CC2)cc1. The summed E-state index contributed by atoms with van der Waals surface area (Å²) in [6, 6.07) is 8.97. The largest absolute Gasteiger partial charge is 0.497 e. The summed E-state index contributed by atoms with van der Waals surface area (Å²) in [5.41, 5.74) is 0.766. The number of hydrogen-bond acceptors (Lipinski definition) is 6. The molecule has 7 nitrogen and oxygen atoms in total. The normalized spacial score (nSPS) is 14.5. The fourth-order valence-electron chi connectivity index (χ4n) is 2.97. The van der Waals surface area contributed by atoms with Crippen LogP contribution >= 0.6 is 11.3 Å². The molecule has 0 atom stereocenters. The number of hydrogen-bond donors (Lipinski definition) is 1. The molecule has 1 saturated heterocycles. The van der Waals surface area contributed by atoms with Crippen molar-refractivity contribution in [2.75, 3.05) is 53.0 Å². The van der Waals surface area contributed by atoms with E-state index in [0.717, 1.165) is 30.9 Å². The molecule has 0 bridgehead atoms. The van der Waals surface area contributed by atoms with E-state index in [0.29, 0.717) is 25.4 Å². The van der Waals surface area contributed by atoms with E-state index >= 15 is 0 Å². The minimum Gasteiger partial charge on any atom is -0.497 e. The Kier molecular flexibility index (Phi) is 7.27. The van der Waals surface area contributed by atoms with Crippen molar-refractivity contribution in [1.82, 2.24) is 15.1 Å². The molecule has 0 saturated carbocycles. The highest BCUT2D eigenvalue weighted by molar-refractivity contribution is 7.08. The van der Waals surface area contributed by atoms with Crippen molar-refractivity contribution in [1.29, 1.82) is 0 Å². The summed E-state index contributed by atoms with van der Waals surface area (Å²) in [4.78, 5) is 28.4. The maximum atomic E-state index is 12.3. The Balaban J connectivity index is 1.30. The lowest BCUT2D eigenvalue weighted by Gasteiger charge is -2.34. The molecule has 28 heavy (non-hydrogen) atoms. The van der Waals surface area contributed by atoms with E-state index in [1.807, 2.05) is 21.7 Å². The lowest BCUT2D eigenvalue weighted by Crippen LogP contribution is -2.50. The zero-order valence-electron chi connectivity index (χ0n) is 15.9. The lowest BCUT2D eigenvalue weighted by molar-refractivity contribution is -0.123. The summed E-state index contributed by atoms with van der Waals surface area (Å²) in [6.07, 6.45) is 0. The summed E-state index contributed by atoms with van der Waals surface area (Å²) in [5.74, 6) is 1.32. The molecule has 8 heteroatoms. The number of benzene rings is 1. The highest BCUT2D eigenvalue weighted by Crippen LogP contribution is 2.16. The predicted molar refractivity (Wildman–Crippen MR) is 108 cm³/mol. The van der Waals surface area contributed by atoms with Gasteiger partial charge >= 0.3 is 0 Å². The smallest absolute Gasteiger partial charge is 0.257 e. The Morgan fingerprint density at radius 2 is 1.79 bits per heavy atom. The monoisotopic (exact) mass is 403 g/mol. The van der Waals surface area contributed by atoms with Crippen LogP contribution in [0.4, 0.5) is 0 Å². The van der Waals surface area contributed by atoms with Crippen molar-refractivity contribution in [2.45, 2.75) is 0 Å². The first-order valence-electron chi connectivity index (χ1n) is 9.23. The van der Waals surface area contributed by atoms with Gasteiger partial charge in [-0.3, -0.25) is 14.5 Å². The number of nitrogens with one attached hydrogen (secondary N) is 1. The number of carbonyl (C=O) groups is 2. The van der Waals surface area contributed by atoms with Crippen molar-refractivity contribution >= 4 is 23.2 Å². The number of thiophene rings is 1. The molecule has 3 rings (SSSR count). The second-order valence-corrected chi connectivity index (χ2v) is 7.24. The number of ether oxygens (including phenoxy) is 2. The molecule has 0 radical (unpaired) electrons. The highest BCUT2D eigenvalue weighted by atomic mass is 32.1. The van der Waals surface area contributed by atoms with Crippen molar-refractivity contribution in [3.8, 4) is 11.5 Å².